The van der Waals surface area contributed by atoms with E-state index in [9.17, 15) is 9.59 Å². The van der Waals surface area contributed by atoms with Gasteiger partial charge in [-0.15, -0.1) is 0 Å². The van der Waals surface area contributed by atoms with Gasteiger partial charge >= 0.3 is 5.97 Å². The van der Waals surface area contributed by atoms with Crippen LogP contribution in [0, 0.1) is 17.8 Å². The Morgan fingerprint density at radius 2 is 2.17 bits per heavy atom. The molecule has 0 unspecified atom stereocenters. The van der Waals surface area contributed by atoms with Crippen molar-refractivity contribution >= 4 is 27.7 Å². The molecular formula is C8H9BrO3. The van der Waals surface area contributed by atoms with Crippen molar-refractivity contribution in [1.82, 2.24) is 0 Å². The predicted molar refractivity (Wildman–Crippen MR) is 45.1 cm³/mol. The summed E-state index contributed by atoms with van der Waals surface area (Å²) >= 11 is 3.26. The average Bonchev–Trinajstić information content (AvgIpc) is 2.51. The molecule has 2 aliphatic carbocycles. The van der Waals surface area contributed by atoms with E-state index < -0.39 is 11.9 Å². The van der Waals surface area contributed by atoms with Crippen LogP contribution in [0.2, 0.25) is 0 Å². The van der Waals surface area contributed by atoms with Crippen molar-refractivity contribution in [3.63, 3.8) is 0 Å². The number of rotatable bonds is 1. The van der Waals surface area contributed by atoms with E-state index in [4.69, 9.17) is 5.11 Å². The Balaban J connectivity index is 2.30. The van der Waals surface area contributed by atoms with E-state index >= 15 is 0 Å². The zero-order chi connectivity index (χ0) is 8.88. The van der Waals surface area contributed by atoms with E-state index in [0.717, 1.165) is 12.8 Å². The number of Topliss-reactive ketones (excluding diaryl/α,β-unsaturated/α-hetero) is 1. The molecule has 4 heteroatoms. The molecule has 66 valence electrons. The highest BCUT2D eigenvalue weighted by atomic mass is 79.9. The van der Waals surface area contributed by atoms with Gasteiger partial charge in [-0.2, -0.15) is 0 Å². The Hall–Kier alpha value is -0.380. The van der Waals surface area contributed by atoms with Crippen LogP contribution in [0.4, 0.5) is 0 Å². The van der Waals surface area contributed by atoms with E-state index in [1.54, 1.807) is 0 Å². The number of aliphatic carboxylic acids is 1. The molecule has 2 fully saturated rings. The molecule has 0 aromatic heterocycles. The molecule has 0 aliphatic heterocycles. The number of hydrogen-bond acceptors (Lipinski definition) is 2. The van der Waals surface area contributed by atoms with Crippen molar-refractivity contribution in [2.45, 2.75) is 17.7 Å². The lowest BCUT2D eigenvalue weighted by atomic mass is 9.98. The van der Waals surface area contributed by atoms with E-state index in [-0.39, 0.29) is 22.4 Å². The van der Waals surface area contributed by atoms with Crippen LogP contribution in [0.5, 0.6) is 0 Å². The van der Waals surface area contributed by atoms with Gasteiger partial charge in [-0.3, -0.25) is 9.59 Å². The van der Waals surface area contributed by atoms with Gasteiger partial charge in [0, 0.05) is 5.92 Å². The number of halogens is 1. The highest BCUT2D eigenvalue weighted by Crippen LogP contribution is 2.49. The summed E-state index contributed by atoms with van der Waals surface area (Å²) in [5, 5.41) is 8.86. The maximum absolute atomic E-state index is 11.4. The van der Waals surface area contributed by atoms with Crippen LogP contribution in [-0.2, 0) is 9.59 Å². The monoisotopic (exact) mass is 232 g/mol. The average molecular weight is 233 g/mol. The fourth-order valence-corrected chi connectivity index (χ4v) is 3.38. The summed E-state index contributed by atoms with van der Waals surface area (Å²) < 4.78 is 0. The van der Waals surface area contributed by atoms with Gasteiger partial charge in [-0.05, 0) is 18.8 Å². The molecule has 2 rings (SSSR count). The molecule has 0 aromatic carbocycles. The van der Waals surface area contributed by atoms with Crippen molar-refractivity contribution in [3.8, 4) is 0 Å². The second kappa shape index (κ2) is 2.55. The highest BCUT2D eigenvalue weighted by molar-refractivity contribution is 9.10. The summed E-state index contributed by atoms with van der Waals surface area (Å²) in [4.78, 5) is 22.0. The zero-order valence-corrected chi connectivity index (χ0v) is 7.95. The fraction of sp³-hybridized carbons (Fsp3) is 0.750. The molecule has 0 amide bonds. The summed E-state index contributed by atoms with van der Waals surface area (Å²) in [6, 6.07) is 0. The molecule has 4 atom stereocenters. The molecule has 2 aliphatic rings. The van der Waals surface area contributed by atoms with Gasteiger partial charge in [0.15, 0.2) is 5.78 Å². The molecular weight excluding hydrogens is 224 g/mol. The number of carboxylic acid groups (broad SMARTS) is 1. The first-order valence-corrected chi connectivity index (χ1v) is 4.95. The molecule has 0 saturated heterocycles. The van der Waals surface area contributed by atoms with Crippen LogP contribution in [0.15, 0.2) is 0 Å². The molecule has 2 bridgehead atoms. The molecule has 12 heavy (non-hydrogen) atoms. The Morgan fingerprint density at radius 3 is 2.50 bits per heavy atom. The van der Waals surface area contributed by atoms with E-state index in [1.165, 1.54) is 0 Å². The Bertz CT molecular complexity index is 251. The minimum absolute atomic E-state index is 0.0417. The van der Waals surface area contributed by atoms with Crippen molar-refractivity contribution in [2.24, 2.45) is 17.8 Å². The normalized spacial score (nSPS) is 45.2. The molecule has 0 spiro atoms. The Labute approximate surface area is 78.3 Å². The fourth-order valence-electron chi connectivity index (χ4n) is 2.45. The largest absolute Gasteiger partial charge is 0.481 e. The Kier molecular flexibility index (Phi) is 1.75. The topological polar surface area (TPSA) is 54.4 Å². The van der Waals surface area contributed by atoms with Gasteiger partial charge in [-0.1, -0.05) is 15.9 Å². The first kappa shape index (κ1) is 8.23. The van der Waals surface area contributed by atoms with Crippen LogP contribution in [-0.4, -0.2) is 21.7 Å². The minimum atomic E-state index is -0.808. The molecule has 0 radical (unpaired) electrons. The number of alkyl halides is 1. The van der Waals surface area contributed by atoms with Crippen LogP contribution >= 0.6 is 15.9 Å². The van der Waals surface area contributed by atoms with Gasteiger partial charge in [0.2, 0.25) is 0 Å². The quantitative estimate of drug-likeness (QED) is 0.689. The third-order valence-electron chi connectivity index (χ3n) is 3.00. The van der Waals surface area contributed by atoms with Crippen molar-refractivity contribution in [1.29, 1.82) is 0 Å². The second-order valence-electron chi connectivity index (χ2n) is 3.52. The van der Waals surface area contributed by atoms with Crippen LogP contribution in [0.1, 0.15) is 12.8 Å². The predicted octanol–water partition coefficient (Wildman–Crippen LogP) is 1.06. The van der Waals surface area contributed by atoms with Crippen molar-refractivity contribution in [3.05, 3.63) is 0 Å². The number of carbonyl (C=O) groups excluding carboxylic acids is 1. The number of carbonyl (C=O) groups is 2. The highest BCUT2D eigenvalue weighted by Gasteiger charge is 2.56. The molecule has 0 aromatic rings. The summed E-state index contributed by atoms with van der Waals surface area (Å²) in [6.45, 7) is 0. The zero-order valence-electron chi connectivity index (χ0n) is 6.37. The first-order valence-electron chi connectivity index (χ1n) is 4.03. The second-order valence-corrected chi connectivity index (χ2v) is 4.50. The summed E-state index contributed by atoms with van der Waals surface area (Å²) in [5.74, 6) is -1.30. The number of ketones is 1. The Morgan fingerprint density at radius 1 is 1.50 bits per heavy atom. The lowest BCUT2D eigenvalue weighted by Crippen LogP contribution is -2.21. The van der Waals surface area contributed by atoms with Gasteiger partial charge in [0.1, 0.15) is 0 Å². The summed E-state index contributed by atoms with van der Waals surface area (Å²) in [7, 11) is 0. The molecule has 2 saturated carbocycles. The lowest BCUT2D eigenvalue weighted by Gasteiger charge is -2.12. The van der Waals surface area contributed by atoms with Gasteiger partial charge in [-0.25, -0.2) is 0 Å². The molecule has 0 heterocycles. The maximum atomic E-state index is 11.4. The molecule has 3 nitrogen and oxygen atoms in total. The third kappa shape index (κ3) is 0.873. The standard InChI is InChI=1S/C8H9BrO3/c9-6-3-1-2-4(7(6)10)5(3)8(11)12/h3-6H,1-2H2,(H,11,12)/t3-,4-,5+,6+/m1/s1. The van der Waals surface area contributed by atoms with Gasteiger partial charge < -0.3 is 5.11 Å². The van der Waals surface area contributed by atoms with Crippen molar-refractivity contribution < 1.29 is 14.7 Å². The smallest absolute Gasteiger partial charge is 0.307 e. The summed E-state index contributed by atoms with van der Waals surface area (Å²) in [5.41, 5.74) is 0. The van der Waals surface area contributed by atoms with Crippen molar-refractivity contribution in [2.75, 3.05) is 0 Å². The van der Waals surface area contributed by atoms with E-state index in [1.807, 2.05) is 0 Å². The van der Waals surface area contributed by atoms with Crippen LogP contribution in [0.25, 0.3) is 0 Å². The first-order chi connectivity index (χ1) is 5.63. The number of fused-ring (bicyclic) bond motifs is 2. The molecule has 1 N–H and O–H groups in total. The van der Waals surface area contributed by atoms with Gasteiger partial charge in [0.25, 0.3) is 0 Å². The third-order valence-corrected chi connectivity index (χ3v) is 4.13. The van der Waals surface area contributed by atoms with Gasteiger partial charge in [0.05, 0.1) is 10.7 Å². The van der Waals surface area contributed by atoms with E-state index in [0.29, 0.717) is 0 Å². The minimum Gasteiger partial charge on any atom is -0.481 e. The van der Waals surface area contributed by atoms with E-state index in [2.05, 4.69) is 15.9 Å². The number of hydrogen-bond donors (Lipinski definition) is 1. The summed E-state index contributed by atoms with van der Waals surface area (Å²) in [6.07, 6.45) is 1.64. The maximum Gasteiger partial charge on any atom is 0.307 e. The number of carboxylic acids is 1. The van der Waals surface area contributed by atoms with Crippen LogP contribution in [0.3, 0.4) is 0 Å². The van der Waals surface area contributed by atoms with Crippen LogP contribution < -0.4 is 0 Å². The SMILES string of the molecule is O=C(O)[C@H]1[C@H]2CC[C@H]1C(=O)[C@H]2Br. The lowest BCUT2D eigenvalue weighted by molar-refractivity contribution is -0.144.